The van der Waals surface area contributed by atoms with Gasteiger partial charge < -0.3 is 0 Å². The molecule has 2 fully saturated rings. The minimum absolute atomic E-state index is 1.00. The maximum absolute atomic E-state index is 3.89. The molecule has 0 saturated heterocycles. The van der Waals surface area contributed by atoms with E-state index in [0.29, 0.717) is 0 Å². The highest BCUT2D eigenvalue weighted by Gasteiger charge is 2.29. The van der Waals surface area contributed by atoms with Crippen molar-refractivity contribution < 1.29 is 0 Å². The lowest BCUT2D eigenvalue weighted by Crippen LogP contribution is -2.24. The van der Waals surface area contributed by atoms with Crippen molar-refractivity contribution in [1.82, 2.24) is 0 Å². The Hall–Kier alpha value is -0.260. The maximum atomic E-state index is 3.89. The van der Waals surface area contributed by atoms with Gasteiger partial charge in [0.05, 0.1) is 0 Å². The van der Waals surface area contributed by atoms with Crippen molar-refractivity contribution in [3.63, 3.8) is 0 Å². The van der Waals surface area contributed by atoms with Crippen LogP contribution < -0.4 is 0 Å². The summed E-state index contributed by atoms with van der Waals surface area (Å²) in [7, 11) is 0. The fraction of sp³-hybridized carbons (Fsp3) is 0.800. The van der Waals surface area contributed by atoms with E-state index in [1.807, 2.05) is 0 Å². The van der Waals surface area contributed by atoms with E-state index < -0.39 is 0 Å². The Balaban J connectivity index is 1.78. The standard InChI is InChI=1S/C15H25/c1-3-13-6-10-15(11-7-13)14-8-4-12(2)5-9-14/h3,12,14-15H,1,4-11H2,2H3. The third-order valence-corrected chi connectivity index (χ3v) is 4.69. The van der Waals surface area contributed by atoms with Crippen molar-refractivity contribution in [2.75, 3.05) is 0 Å². The van der Waals surface area contributed by atoms with Crippen LogP contribution in [0.1, 0.15) is 58.3 Å². The Bertz CT molecular complexity index is 190. The molecule has 0 nitrogen and oxygen atoms in total. The minimum Gasteiger partial charge on any atom is -0.102 e. The van der Waals surface area contributed by atoms with Gasteiger partial charge in [0.2, 0.25) is 0 Å². The van der Waals surface area contributed by atoms with Crippen molar-refractivity contribution in [3.8, 4) is 0 Å². The van der Waals surface area contributed by atoms with Crippen molar-refractivity contribution in [3.05, 3.63) is 18.6 Å². The summed E-state index contributed by atoms with van der Waals surface area (Å²) in [5, 5.41) is 0. The van der Waals surface area contributed by atoms with E-state index in [0.717, 1.165) is 17.8 Å². The molecular formula is C15H25. The van der Waals surface area contributed by atoms with Crippen LogP contribution >= 0.6 is 0 Å². The topological polar surface area (TPSA) is 0 Å². The average molecular weight is 205 g/mol. The number of hydrogen-bond acceptors (Lipinski definition) is 0. The van der Waals surface area contributed by atoms with Crippen LogP contribution in [0.25, 0.3) is 0 Å². The lowest BCUT2D eigenvalue weighted by molar-refractivity contribution is 0.180. The SMILES string of the molecule is C=C[C]1CCC(C2CCC(C)CC2)CC1. The molecule has 0 aromatic heterocycles. The molecule has 0 aromatic rings. The van der Waals surface area contributed by atoms with Gasteiger partial charge in [-0.1, -0.05) is 25.8 Å². The molecule has 0 bridgehead atoms. The van der Waals surface area contributed by atoms with Crippen LogP contribution in [-0.2, 0) is 0 Å². The van der Waals surface area contributed by atoms with Gasteiger partial charge >= 0.3 is 0 Å². The molecule has 0 amide bonds. The van der Waals surface area contributed by atoms with Crippen LogP contribution in [0.15, 0.2) is 12.7 Å². The smallest absolute Gasteiger partial charge is 0.00299 e. The van der Waals surface area contributed by atoms with Crippen LogP contribution in [0, 0.1) is 23.7 Å². The van der Waals surface area contributed by atoms with Gasteiger partial charge in [-0.05, 0) is 62.2 Å². The van der Waals surface area contributed by atoms with Gasteiger partial charge in [-0.2, -0.15) is 0 Å². The molecule has 0 N–H and O–H groups in total. The molecule has 0 spiro atoms. The Morgan fingerprint density at radius 3 is 2.00 bits per heavy atom. The third-order valence-electron chi connectivity index (χ3n) is 4.69. The van der Waals surface area contributed by atoms with E-state index in [1.54, 1.807) is 5.92 Å². The summed E-state index contributed by atoms with van der Waals surface area (Å²) < 4.78 is 0. The molecular weight excluding hydrogens is 180 g/mol. The van der Waals surface area contributed by atoms with Crippen molar-refractivity contribution >= 4 is 0 Å². The first-order valence-corrected chi connectivity index (χ1v) is 6.76. The number of hydrogen-bond donors (Lipinski definition) is 0. The molecule has 0 atom stereocenters. The first-order chi connectivity index (χ1) is 7.29. The van der Waals surface area contributed by atoms with Crippen LogP contribution in [0.2, 0.25) is 0 Å². The summed E-state index contributed by atoms with van der Waals surface area (Å²) in [6, 6.07) is 0. The van der Waals surface area contributed by atoms with E-state index >= 15 is 0 Å². The molecule has 85 valence electrons. The van der Waals surface area contributed by atoms with Crippen molar-refractivity contribution in [1.29, 1.82) is 0 Å². The molecule has 0 heteroatoms. The van der Waals surface area contributed by atoms with Crippen LogP contribution in [0.3, 0.4) is 0 Å². The highest BCUT2D eigenvalue weighted by molar-refractivity contribution is 5.08. The molecule has 0 aromatic carbocycles. The Labute approximate surface area is 95.1 Å². The Kier molecular flexibility index (Phi) is 3.88. The van der Waals surface area contributed by atoms with Crippen molar-refractivity contribution in [2.45, 2.75) is 58.3 Å². The van der Waals surface area contributed by atoms with Gasteiger partial charge in [-0.25, -0.2) is 0 Å². The summed E-state index contributed by atoms with van der Waals surface area (Å²) >= 11 is 0. The van der Waals surface area contributed by atoms with Gasteiger partial charge in [-0.15, -0.1) is 6.58 Å². The summed E-state index contributed by atoms with van der Waals surface area (Å²) in [4.78, 5) is 0. The average Bonchev–Trinajstić information content (AvgIpc) is 2.30. The van der Waals surface area contributed by atoms with Crippen molar-refractivity contribution in [2.24, 2.45) is 17.8 Å². The quantitative estimate of drug-likeness (QED) is 0.609. The second-order valence-electron chi connectivity index (χ2n) is 5.72. The van der Waals surface area contributed by atoms with E-state index in [1.165, 1.54) is 51.4 Å². The molecule has 0 unspecified atom stereocenters. The second kappa shape index (κ2) is 5.18. The van der Waals surface area contributed by atoms with E-state index in [4.69, 9.17) is 0 Å². The summed E-state index contributed by atoms with van der Waals surface area (Å²) in [5.41, 5.74) is 0. The highest BCUT2D eigenvalue weighted by atomic mass is 14.3. The largest absolute Gasteiger partial charge is 0.102 e. The first kappa shape index (κ1) is 11.2. The zero-order valence-electron chi connectivity index (χ0n) is 10.2. The Morgan fingerprint density at radius 1 is 0.933 bits per heavy atom. The van der Waals surface area contributed by atoms with Gasteiger partial charge in [0.15, 0.2) is 0 Å². The predicted octanol–water partition coefficient (Wildman–Crippen LogP) is 4.76. The summed E-state index contributed by atoms with van der Waals surface area (Å²) in [5.74, 6) is 4.71. The van der Waals surface area contributed by atoms with Crippen LogP contribution in [-0.4, -0.2) is 0 Å². The monoisotopic (exact) mass is 205 g/mol. The molecule has 1 radical (unpaired) electrons. The third kappa shape index (κ3) is 2.86. The fourth-order valence-corrected chi connectivity index (χ4v) is 3.44. The Morgan fingerprint density at radius 2 is 1.47 bits per heavy atom. The fourth-order valence-electron chi connectivity index (χ4n) is 3.44. The first-order valence-electron chi connectivity index (χ1n) is 6.76. The molecule has 2 aliphatic rings. The van der Waals surface area contributed by atoms with E-state index in [9.17, 15) is 0 Å². The van der Waals surface area contributed by atoms with Crippen LogP contribution in [0.5, 0.6) is 0 Å². The molecule has 0 aliphatic heterocycles. The van der Waals surface area contributed by atoms with E-state index in [2.05, 4.69) is 19.6 Å². The highest BCUT2D eigenvalue weighted by Crippen LogP contribution is 2.41. The normalized spacial score (nSPS) is 35.3. The zero-order chi connectivity index (χ0) is 10.7. The summed E-state index contributed by atoms with van der Waals surface area (Å²) in [6.45, 7) is 6.31. The number of allylic oxidation sites excluding steroid dienone is 1. The lowest BCUT2D eigenvalue weighted by Gasteiger charge is -2.36. The maximum Gasteiger partial charge on any atom is -0.00299 e. The molecule has 2 rings (SSSR count). The molecule has 15 heavy (non-hydrogen) atoms. The summed E-state index contributed by atoms with van der Waals surface area (Å²) in [6.07, 6.45) is 13.6. The van der Waals surface area contributed by atoms with Gasteiger partial charge in [0.1, 0.15) is 0 Å². The predicted molar refractivity (Wildman–Crippen MR) is 66.5 cm³/mol. The van der Waals surface area contributed by atoms with E-state index in [-0.39, 0.29) is 0 Å². The second-order valence-corrected chi connectivity index (χ2v) is 5.72. The number of rotatable bonds is 2. The van der Waals surface area contributed by atoms with Crippen LogP contribution in [0.4, 0.5) is 0 Å². The lowest BCUT2D eigenvalue weighted by atomic mass is 9.69. The molecule has 0 heterocycles. The molecule has 2 aliphatic carbocycles. The minimum atomic E-state index is 1.00. The molecule has 2 saturated carbocycles. The zero-order valence-corrected chi connectivity index (χ0v) is 10.2. The van der Waals surface area contributed by atoms with Gasteiger partial charge in [-0.3, -0.25) is 0 Å². The van der Waals surface area contributed by atoms with Gasteiger partial charge in [0, 0.05) is 0 Å². The van der Waals surface area contributed by atoms with Gasteiger partial charge in [0.25, 0.3) is 0 Å².